The minimum absolute atomic E-state index is 0.0627. The van der Waals surface area contributed by atoms with Crippen LogP contribution >= 0.6 is 0 Å². The number of aliphatic carboxylic acids is 1. The average Bonchev–Trinajstić information content (AvgIpc) is 3.22. The lowest BCUT2D eigenvalue weighted by Gasteiger charge is -2.25. The minimum atomic E-state index is -0.824. The van der Waals surface area contributed by atoms with Gasteiger partial charge in [-0.05, 0) is 51.1 Å². The number of rotatable bonds is 7. The zero-order valence-corrected chi connectivity index (χ0v) is 11.4. The summed E-state index contributed by atoms with van der Waals surface area (Å²) in [6.45, 7) is 2.49. The van der Waals surface area contributed by atoms with Crippen LogP contribution in [0.15, 0.2) is 0 Å². The standard InChI is InChI=1S/C14H24N2O3/c17-13(6-3-11-2-1-8-15-10-11)16(12-4-5-12)9-7-14(18)19/h11-12,15H,1-10H2,(H,18,19). The molecule has 2 N–H and O–H groups in total. The summed E-state index contributed by atoms with van der Waals surface area (Å²) in [6.07, 6.45) is 6.05. The molecule has 2 rings (SSSR count). The summed E-state index contributed by atoms with van der Waals surface area (Å²) < 4.78 is 0. The maximum absolute atomic E-state index is 12.2. The fourth-order valence-corrected chi connectivity index (χ4v) is 2.75. The molecule has 1 amide bonds. The van der Waals surface area contributed by atoms with Crippen LogP contribution in [0.3, 0.4) is 0 Å². The smallest absolute Gasteiger partial charge is 0.305 e. The van der Waals surface area contributed by atoms with Gasteiger partial charge in [-0.3, -0.25) is 9.59 Å². The fraction of sp³-hybridized carbons (Fsp3) is 0.857. The summed E-state index contributed by atoms with van der Waals surface area (Å²) in [7, 11) is 0. The molecule has 1 heterocycles. The van der Waals surface area contributed by atoms with Gasteiger partial charge in [0.1, 0.15) is 0 Å². The van der Waals surface area contributed by atoms with Gasteiger partial charge < -0.3 is 15.3 Å². The van der Waals surface area contributed by atoms with Crippen molar-refractivity contribution in [3.05, 3.63) is 0 Å². The molecule has 108 valence electrons. The lowest BCUT2D eigenvalue weighted by Crippen LogP contribution is -2.36. The summed E-state index contributed by atoms with van der Waals surface area (Å²) in [5, 5.41) is 12.1. The SMILES string of the molecule is O=C(O)CCN(C(=O)CCC1CCCNC1)C1CC1. The van der Waals surface area contributed by atoms with Gasteiger partial charge in [-0.2, -0.15) is 0 Å². The van der Waals surface area contributed by atoms with E-state index in [0.29, 0.717) is 24.9 Å². The lowest BCUT2D eigenvalue weighted by atomic mass is 9.94. The largest absolute Gasteiger partial charge is 0.481 e. The molecule has 1 aliphatic carbocycles. The van der Waals surface area contributed by atoms with Crippen LogP contribution in [0.1, 0.15) is 44.9 Å². The molecule has 0 spiro atoms. The van der Waals surface area contributed by atoms with Gasteiger partial charge in [0.15, 0.2) is 0 Å². The normalized spacial score (nSPS) is 23.1. The summed E-state index contributed by atoms with van der Waals surface area (Å²) in [6, 6.07) is 0.316. The van der Waals surface area contributed by atoms with Crippen LogP contribution in [0.2, 0.25) is 0 Å². The number of piperidine rings is 1. The highest BCUT2D eigenvalue weighted by Gasteiger charge is 2.32. The number of hydrogen-bond acceptors (Lipinski definition) is 3. The highest BCUT2D eigenvalue weighted by atomic mass is 16.4. The number of nitrogens with zero attached hydrogens (tertiary/aromatic N) is 1. The summed E-state index contributed by atoms with van der Waals surface area (Å²) >= 11 is 0. The summed E-state index contributed by atoms with van der Waals surface area (Å²) in [4.78, 5) is 24.6. The number of carbonyl (C=O) groups excluding carboxylic acids is 1. The number of carboxylic acid groups (broad SMARTS) is 1. The maximum atomic E-state index is 12.2. The topological polar surface area (TPSA) is 69.6 Å². The molecule has 0 aromatic rings. The molecule has 0 bridgehead atoms. The Morgan fingerprint density at radius 2 is 2.00 bits per heavy atom. The van der Waals surface area contributed by atoms with Crippen molar-refractivity contribution in [3.8, 4) is 0 Å². The van der Waals surface area contributed by atoms with E-state index >= 15 is 0 Å². The van der Waals surface area contributed by atoms with Crippen molar-refractivity contribution >= 4 is 11.9 Å². The van der Waals surface area contributed by atoms with E-state index in [1.165, 1.54) is 12.8 Å². The summed E-state index contributed by atoms with van der Waals surface area (Å²) in [5.74, 6) is -0.0671. The molecule has 2 aliphatic rings. The Labute approximate surface area is 114 Å². The van der Waals surface area contributed by atoms with Crippen molar-refractivity contribution in [2.45, 2.75) is 51.0 Å². The van der Waals surface area contributed by atoms with Crippen LogP contribution in [0.25, 0.3) is 0 Å². The molecule has 0 radical (unpaired) electrons. The second-order valence-corrected chi connectivity index (χ2v) is 5.71. The zero-order chi connectivity index (χ0) is 13.7. The molecule has 5 nitrogen and oxygen atoms in total. The van der Waals surface area contributed by atoms with E-state index in [1.807, 2.05) is 0 Å². The molecule has 1 saturated carbocycles. The fourth-order valence-electron chi connectivity index (χ4n) is 2.75. The van der Waals surface area contributed by atoms with E-state index in [2.05, 4.69) is 5.32 Å². The van der Waals surface area contributed by atoms with Gasteiger partial charge in [0.25, 0.3) is 0 Å². The first-order chi connectivity index (χ1) is 9.16. The van der Waals surface area contributed by atoms with E-state index < -0.39 is 5.97 Å². The average molecular weight is 268 g/mol. The molecule has 1 unspecified atom stereocenters. The zero-order valence-electron chi connectivity index (χ0n) is 11.4. The van der Waals surface area contributed by atoms with E-state index in [9.17, 15) is 9.59 Å². The number of carbonyl (C=O) groups is 2. The van der Waals surface area contributed by atoms with Crippen molar-refractivity contribution in [1.82, 2.24) is 10.2 Å². The van der Waals surface area contributed by atoms with Gasteiger partial charge in [-0.15, -0.1) is 0 Å². The van der Waals surface area contributed by atoms with Crippen LogP contribution < -0.4 is 5.32 Å². The molecule has 19 heavy (non-hydrogen) atoms. The van der Waals surface area contributed by atoms with Gasteiger partial charge in [0, 0.05) is 19.0 Å². The Balaban J connectivity index is 1.73. The predicted octanol–water partition coefficient (Wildman–Crippen LogP) is 1.23. The van der Waals surface area contributed by atoms with Gasteiger partial charge in [-0.1, -0.05) is 0 Å². The molecule has 0 aromatic carbocycles. The third-order valence-corrected chi connectivity index (χ3v) is 4.04. The van der Waals surface area contributed by atoms with Crippen LogP contribution in [0, 0.1) is 5.92 Å². The highest BCUT2D eigenvalue weighted by Crippen LogP contribution is 2.28. The highest BCUT2D eigenvalue weighted by molar-refractivity contribution is 5.77. The van der Waals surface area contributed by atoms with E-state index in [0.717, 1.165) is 32.4 Å². The van der Waals surface area contributed by atoms with Gasteiger partial charge >= 0.3 is 5.97 Å². The van der Waals surface area contributed by atoms with Gasteiger partial charge in [0.2, 0.25) is 5.91 Å². The molecule has 1 aliphatic heterocycles. The lowest BCUT2D eigenvalue weighted by molar-refractivity contribution is -0.138. The number of amides is 1. The summed E-state index contributed by atoms with van der Waals surface area (Å²) in [5.41, 5.74) is 0. The third kappa shape index (κ3) is 4.82. The molecule has 0 aromatic heterocycles. The number of carboxylic acids is 1. The molecule has 1 atom stereocenters. The quantitative estimate of drug-likeness (QED) is 0.728. The van der Waals surface area contributed by atoms with Gasteiger partial charge in [-0.25, -0.2) is 0 Å². The first-order valence-corrected chi connectivity index (χ1v) is 7.39. The van der Waals surface area contributed by atoms with Crippen LogP contribution in [-0.4, -0.2) is 47.6 Å². The van der Waals surface area contributed by atoms with Crippen LogP contribution in [0.4, 0.5) is 0 Å². The Morgan fingerprint density at radius 1 is 1.21 bits per heavy atom. The Bertz CT molecular complexity index is 323. The van der Waals surface area contributed by atoms with Crippen molar-refractivity contribution in [2.75, 3.05) is 19.6 Å². The third-order valence-electron chi connectivity index (χ3n) is 4.04. The molecular weight excluding hydrogens is 244 g/mol. The van der Waals surface area contributed by atoms with E-state index in [1.54, 1.807) is 4.90 Å². The molecular formula is C14H24N2O3. The Hall–Kier alpha value is -1.10. The first kappa shape index (κ1) is 14.3. The van der Waals surface area contributed by atoms with Gasteiger partial charge in [0.05, 0.1) is 6.42 Å². The van der Waals surface area contributed by atoms with Crippen molar-refractivity contribution < 1.29 is 14.7 Å². The van der Waals surface area contributed by atoms with Crippen molar-refractivity contribution in [1.29, 1.82) is 0 Å². The first-order valence-electron chi connectivity index (χ1n) is 7.39. The molecule has 2 fully saturated rings. The van der Waals surface area contributed by atoms with E-state index in [-0.39, 0.29) is 12.3 Å². The Morgan fingerprint density at radius 3 is 2.58 bits per heavy atom. The van der Waals surface area contributed by atoms with Crippen molar-refractivity contribution in [3.63, 3.8) is 0 Å². The van der Waals surface area contributed by atoms with Crippen molar-refractivity contribution in [2.24, 2.45) is 5.92 Å². The molecule has 5 heteroatoms. The minimum Gasteiger partial charge on any atom is -0.481 e. The van der Waals surface area contributed by atoms with Crippen LogP contribution in [0.5, 0.6) is 0 Å². The monoisotopic (exact) mass is 268 g/mol. The number of nitrogens with one attached hydrogen (secondary N) is 1. The predicted molar refractivity (Wildman–Crippen MR) is 71.8 cm³/mol. The van der Waals surface area contributed by atoms with Crippen LogP contribution in [-0.2, 0) is 9.59 Å². The van der Waals surface area contributed by atoms with E-state index in [4.69, 9.17) is 5.11 Å². The number of hydrogen-bond donors (Lipinski definition) is 2. The second kappa shape index (κ2) is 6.89. The second-order valence-electron chi connectivity index (χ2n) is 5.71. The Kier molecular flexibility index (Phi) is 5.19. The molecule has 1 saturated heterocycles. The maximum Gasteiger partial charge on any atom is 0.305 e.